The van der Waals surface area contributed by atoms with E-state index in [0.717, 1.165) is 32.6 Å². The lowest BCUT2D eigenvalue weighted by atomic mass is 10.2. The first-order chi connectivity index (χ1) is 14.5. The SMILES string of the molecule is C=C1CN(C(N)=O)CCN1Cc1cc2cc(Oc3nc4ccccc4s3)ccc2o1. The van der Waals surface area contributed by atoms with Gasteiger partial charge in [-0.15, -0.1) is 0 Å². The van der Waals surface area contributed by atoms with Crippen molar-refractivity contribution in [3.63, 3.8) is 0 Å². The van der Waals surface area contributed by atoms with E-state index in [1.165, 1.54) is 11.3 Å². The van der Waals surface area contributed by atoms with Crippen LogP contribution in [0.1, 0.15) is 5.76 Å². The summed E-state index contributed by atoms with van der Waals surface area (Å²) in [5, 5.41) is 1.58. The molecule has 1 fully saturated rings. The third kappa shape index (κ3) is 3.57. The van der Waals surface area contributed by atoms with E-state index in [1.807, 2.05) is 48.5 Å². The lowest BCUT2D eigenvalue weighted by Crippen LogP contribution is -2.48. The summed E-state index contributed by atoms with van der Waals surface area (Å²) in [6.07, 6.45) is 0. The number of amides is 2. The highest BCUT2D eigenvalue weighted by molar-refractivity contribution is 7.20. The van der Waals surface area contributed by atoms with Crippen LogP contribution in [0, 0.1) is 0 Å². The number of primary amides is 1. The maximum atomic E-state index is 11.4. The first-order valence-corrected chi connectivity index (χ1v) is 10.4. The molecule has 0 saturated carbocycles. The molecule has 152 valence electrons. The van der Waals surface area contributed by atoms with Crippen molar-refractivity contribution in [2.75, 3.05) is 19.6 Å². The third-order valence-corrected chi connectivity index (χ3v) is 6.05. The van der Waals surface area contributed by atoms with E-state index in [0.29, 0.717) is 37.1 Å². The fourth-order valence-electron chi connectivity index (χ4n) is 3.58. The number of hydrogen-bond acceptors (Lipinski definition) is 6. The molecule has 0 bridgehead atoms. The van der Waals surface area contributed by atoms with Crippen molar-refractivity contribution >= 4 is 38.6 Å². The van der Waals surface area contributed by atoms with Crippen LogP contribution in [0.25, 0.3) is 21.2 Å². The van der Waals surface area contributed by atoms with Gasteiger partial charge >= 0.3 is 6.03 Å². The predicted molar refractivity (Wildman–Crippen MR) is 117 cm³/mol. The molecule has 0 unspecified atom stereocenters. The molecule has 0 radical (unpaired) electrons. The number of furan rings is 1. The second-order valence-corrected chi connectivity index (χ2v) is 8.20. The third-order valence-electron chi connectivity index (χ3n) is 5.14. The van der Waals surface area contributed by atoms with E-state index in [1.54, 1.807) is 4.90 Å². The second kappa shape index (κ2) is 7.38. The number of hydrogen-bond donors (Lipinski definition) is 1. The van der Waals surface area contributed by atoms with Gasteiger partial charge in [0, 0.05) is 24.2 Å². The Balaban J connectivity index is 1.31. The lowest BCUT2D eigenvalue weighted by molar-refractivity contribution is 0.169. The Bertz CT molecular complexity index is 1230. The average molecular weight is 420 g/mol. The van der Waals surface area contributed by atoms with Crippen LogP contribution in [0.4, 0.5) is 4.79 Å². The highest BCUT2D eigenvalue weighted by Gasteiger charge is 2.22. The molecule has 5 rings (SSSR count). The van der Waals surface area contributed by atoms with Gasteiger partial charge in [0.1, 0.15) is 17.1 Å². The Kier molecular flexibility index (Phi) is 4.55. The number of thiazole rings is 1. The molecule has 0 aliphatic carbocycles. The molecule has 3 heterocycles. The number of fused-ring (bicyclic) bond motifs is 2. The Labute approximate surface area is 176 Å². The quantitative estimate of drug-likeness (QED) is 0.524. The summed E-state index contributed by atoms with van der Waals surface area (Å²) in [5.41, 5.74) is 7.94. The first kappa shape index (κ1) is 18.5. The van der Waals surface area contributed by atoms with Crippen molar-refractivity contribution in [1.29, 1.82) is 0 Å². The van der Waals surface area contributed by atoms with Gasteiger partial charge in [-0.1, -0.05) is 30.0 Å². The van der Waals surface area contributed by atoms with Gasteiger partial charge in [-0.3, -0.25) is 0 Å². The zero-order chi connectivity index (χ0) is 20.7. The van der Waals surface area contributed by atoms with E-state index in [-0.39, 0.29) is 0 Å². The van der Waals surface area contributed by atoms with E-state index >= 15 is 0 Å². The van der Waals surface area contributed by atoms with Gasteiger partial charge < -0.3 is 24.7 Å². The number of ether oxygens (including phenoxy) is 1. The molecule has 2 N–H and O–H groups in total. The number of carbonyl (C=O) groups is 1. The average Bonchev–Trinajstić information content (AvgIpc) is 3.31. The van der Waals surface area contributed by atoms with Crippen LogP contribution >= 0.6 is 11.3 Å². The molecule has 8 heteroatoms. The van der Waals surface area contributed by atoms with Crippen LogP contribution in [0.2, 0.25) is 0 Å². The minimum Gasteiger partial charge on any atom is -0.459 e. The van der Waals surface area contributed by atoms with E-state index in [2.05, 4.69) is 16.5 Å². The fraction of sp³-hybridized carbons (Fsp3) is 0.182. The van der Waals surface area contributed by atoms with Gasteiger partial charge in [0.25, 0.3) is 5.19 Å². The fourth-order valence-corrected chi connectivity index (χ4v) is 4.41. The highest BCUT2D eigenvalue weighted by atomic mass is 32.1. The van der Waals surface area contributed by atoms with Crippen LogP contribution in [-0.2, 0) is 6.54 Å². The molecule has 30 heavy (non-hydrogen) atoms. The number of nitrogens with two attached hydrogens (primary N) is 1. The molecular weight excluding hydrogens is 400 g/mol. The molecule has 0 atom stereocenters. The Hall–Kier alpha value is -3.52. The largest absolute Gasteiger partial charge is 0.459 e. The molecular formula is C22H20N4O3S. The Morgan fingerprint density at radius 1 is 1.23 bits per heavy atom. The molecule has 2 aromatic heterocycles. The van der Waals surface area contributed by atoms with E-state index in [4.69, 9.17) is 14.9 Å². The molecule has 7 nitrogen and oxygen atoms in total. The van der Waals surface area contributed by atoms with Crippen molar-refractivity contribution in [2.24, 2.45) is 5.73 Å². The Morgan fingerprint density at radius 3 is 2.90 bits per heavy atom. The summed E-state index contributed by atoms with van der Waals surface area (Å²) < 4.78 is 13.1. The maximum Gasteiger partial charge on any atom is 0.315 e. The predicted octanol–water partition coefficient (Wildman–Crippen LogP) is 4.54. The minimum absolute atomic E-state index is 0.416. The van der Waals surface area contributed by atoms with Gasteiger partial charge in [-0.25, -0.2) is 9.78 Å². The second-order valence-electron chi connectivity index (χ2n) is 7.21. The van der Waals surface area contributed by atoms with Gasteiger partial charge in [-0.05, 0) is 36.4 Å². The zero-order valence-corrected chi connectivity index (χ0v) is 17.0. The van der Waals surface area contributed by atoms with Crippen molar-refractivity contribution < 1.29 is 13.9 Å². The van der Waals surface area contributed by atoms with Crippen LogP contribution in [0.3, 0.4) is 0 Å². The number of carbonyl (C=O) groups excluding carboxylic acids is 1. The molecule has 1 aliphatic heterocycles. The number of nitrogens with zero attached hydrogens (tertiary/aromatic N) is 3. The molecule has 1 aliphatic rings. The number of piperazine rings is 1. The lowest BCUT2D eigenvalue weighted by Gasteiger charge is -2.36. The molecule has 0 spiro atoms. The number of rotatable bonds is 4. The molecule has 2 aromatic carbocycles. The van der Waals surface area contributed by atoms with Gasteiger partial charge in [0.05, 0.1) is 23.3 Å². The summed E-state index contributed by atoms with van der Waals surface area (Å²) in [6, 6.07) is 15.3. The first-order valence-electron chi connectivity index (χ1n) is 9.58. The molecule has 2 amide bonds. The van der Waals surface area contributed by atoms with Crippen molar-refractivity contribution in [3.05, 3.63) is 66.6 Å². The van der Waals surface area contributed by atoms with Gasteiger partial charge in [0.15, 0.2) is 0 Å². The standard InChI is InChI=1S/C22H20N4O3S/c1-14-12-26(21(23)27)9-8-25(14)13-17-11-15-10-16(6-7-19(15)28-17)29-22-24-18-4-2-3-5-20(18)30-22/h2-7,10-11H,1,8-9,12-13H2,(H2,23,27). The van der Waals surface area contributed by atoms with Crippen LogP contribution < -0.4 is 10.5 Å². The van der Waals surface area contributed by atoms with Gasteiger partial charge in [0.2, 0.25) is 0 Å². The van der Waals surface area contributed by atoms with Crippen LogP contribution in [-0.4, -0.2) is 40.4 Å². The molecule has 4 aromatic rings. The smallest absolute Gasteiger partial charge is 0.315 e. The van der Waals surface area contributed by atoms with Crippen LogP contribution in [0.15, 0.2) is 65.2 Å². The van der Waals surface area contributed by atoms with Gasteiger partial charge in [-0.2, -0.15) is 0 Å². The maximum absolute atomic E-state index is 11.4. The summed E-state index contributed by atoms with van der Waals surface area (Å²) in [5.74, 6) is 1.55. The number of urea groups is 1. The Morgan fingerprint density at radius 2 is 2.10 bits per heavy atom. The monoisotopic (exact) mass is 420 g/mol. The van der Waals surface area contributed by atoms with Crippen molar-refractivity contribution in [3.8, 4) is 10.9 Å². The zero-order valence-electron chi connectivity index (χ0n) is 16.2. The summed E-state index contributed by atoms with van der Waals surface area (Å²) in [4.78, 5) is 19.6. The van der Waals surface area contributed by atoms with Crippen molar-refractivity contribution in [1.82, 2.24) is 14.8 Å². The van der Waals surface area contributed by atoms with E-state index in [9.17, 15) is 4.79 Å². The number of para-hydroxylation sites is 1. The topological polar surface area (TPSA) is 84.8 Å². The normalized spacial score (nSPS) is 14.6. The summed E-state index contributed by atoms with van der Waals surface area (Å²) >= 11 is 1.52. The number of aromatic nitrogens is 1. The number of benzene rings is 2. The van der Waals surface area contributed by atoms with Crippen LogP contribution in [0.5, 0.6) is 10.9 Å². The summed E-state index contributed by atoms with van der Waals surface area (Å²) in [6.45, 7) is 6.35. The summed E-state index contributed by atoms with van der Waals surface area (Å²) in [7, 11) is 0. The highest BCUT2D eigenvalue weighted by Crippen LogP contribution is 2.33. The molecule has 1 saturated heterocycles. The van der Waals surface area contributed by atoms with E-state index < -0.39 is 6.03 Å². The van der Waals surface area contributed by atoms with Crippen molar-refractivity contribution in [2.45, 2.75) is 6.54 Å². The minimum atomic E-state index is -0.416.